The van der Waals surface area contributed by atoms with Crippen LogP contribution in [0.2, 0.25) is 0 Å². The zero-order valence-corrected chi connectivity index (χ0v) is 58.2. The van der Waals surface area contributed by atoms with Gasteiger partial charge in [0.2, 0.25) is 0 Å². The van der Waals surface area contributed by atoms with Crippen molar-refractivity contribution in [3.8, 4) is 0 Å². The number of aliphatic hydroxyl groups excluding tert-OH is 18. The Morgan fingerprint density at radius 3 is 1.19 bits per heavy atom. The Hall–Kier alpha value is -1.54. The van der Waals surface area contributed by atoms with E-state index in [1.807, 2.05) is 34.6 Å². The molecule has 9 rings (SSSR count). The molecule has 2 bridgehead atoms. The molecule has 0 aromatic heterocycles. The number of hydrogen-bond acceptors (Lipinski definition) is 35. The molecule has 588 valence electrons. The van der Waals surface area contributed by atoms with Crippen LogP contribution in [0.5, 0.6) is 0 Å². The molecule has 9 heterocycles. The molecule has 30 atom stereocenters. The van der Waals surface area contributed by atoms with Crippen molar-refractivity contribution in [2.45, 2.75) is 258 Å². The minimum atomic E-state index is -1.36. The van der Waals surface area contributed by atoms with Crippen LogP contribution in [0.1, 0.15) is 68.7 Å². The van der Waals surface area contributed by atoms with Crippen molar-refractivity contribution in [1.29, 1.82) is 0 Å². The van der Waals surface area contributed by atoms with Crippen molar-refractivity contribution < 1.29 is 172 Å². The Balaban J connectivity index is 0.000000553. The van der Waals surface area contributed by atoms with Crippen LogP contribution in [0.3, 0.4) is 0 Å². The fourth-order valence-corrected chi connectivity index (χ4v) is 11.2. The van der Waals surface area contributed by atoms with Gasteiger partial charge >= 0.3 is 0 Å². The molecule has 9 aliphatic heterocycles. The molecule has 0 aromatic rings. The second-order valence-electron chi connectivity index (χ2n) is 24.8. The summed E-state index contributed by atoms with van der Waals surface area (Å²) in [6, 6.07) is 0. The molecule has 0 radical (unpaired) electrons. The zero-order valence-electron chi connectivity index (χ0n) is 58.2. The fourth-order valence-electron chi connectivity index (χ4n) is 11.2. The number of morpholine rings is 1. The van der Waals surface area contributed by atoms with E-state index in [0.717, 1.165) is 0 Å². The van der Waals surface area contributed by atoms with Crippen LogP contribution in [0.15, 0.2) is 0 Å². The largest absolute Gasteiger partial charge is 0.394 e. The normalized spacial score (nSPS) is 40.8. The summed E-state index contributed by atoms with van der Waals surface area (Å²) in [4.78, 5) is 0. The summed E-state index contributed by atoms with van der Waals surface area (Å²) < 4.78 is 97.3. The number of aliphatic hydroxyl groups is 18. The Labute approximate surface area is 572 Å². The van der Waals surface area contributed by atoms with Gasteiger partial charge in [0.25, 0.3) is 0 Å². The maximum absolute atomic E-state index is 12.7. The lowest BCUT2D eigenvalue weighted by atomic mass is 10.0. The van der Waals surface area contributed by atoms with Crippen molar-refractivity contribution in [3.05, 3.63) is 0 Å². The van der Waals surface area contributed by atoms with Crippen molar-refractivity contribution in [2.24, 2.45) is 5.73 Å². The van der Waals surface area contributed by atoms with E-state index < -0.39 is 110 Å². The fraction of sp³-hybridized carbons (Fsp3) is 1.00. The van der Waals surface area contributed by atoms with Gasteiger partial charge in [-0.3, -0.25) is 0 Å². The van der Waals surface area contributed by atoms with Crippen LogP contribution in [-0.4, -0.2) is 424 Å². The number of alkyl halides is 2. The molecule has 21 N–H and O–H groups in total. The number of methoxy groups -OCH3 is 2. The highest BCUT2D eigenvalue weighted by atomic mass is 19.1. The minimum absolute atomic E-state index is 0.0101. The van der Waals surface area contributed by atoms with Crippen molar-refractivity contribution >= 4 is 0 Å². The molecule has 35 nitrogen and oxygen atoms in total. The molecular weight excluding hydrogens is 1330 g/mol. The van der Waals surface area contributed by atoms with Gasteiger partial charge in [0.1, 0.15) is 109 Å². The van der Waals surface area contributed by atoms with E-state index in [1.54, 1.807) is 21.0 Å². The first-order chi connectivity index (χ1) is 46.3. The highest BCUT2D eigenvalue weighted by Gasteiger charge is 2.59. The van der Waals surface area contributed by atoms with E-state index in [2.05, 4.69) is 0 Å². The molecule has 0 aliphatic carbocycles. The summed E-state index contributed by atoms with van der Waals surface area (Å²) in [5.41, 5.74) is 4.44. The van der Waals surface area contributed by atoms with Gasteiger partial charge in [-0.1, -0.05) is 0 Å². The molecular formula is C61H122F2N2O33. The van der Waals surface area contributed by atoms with Crippen molar-refractivity contribution in [1.82, 2.24) is 5.06 Å². The molecule has 0 saturated carbocycles. The third-order valence-electron chi connectivity index (χ3n) is 16.7. The average molecular weight is 1450 g/mol. The Morgan fingerprint density at radius 2 is 0.929 bits per heavy atom. The second kappa shape index (κ2) is 50.0. The highest BCUT2D eigenvalue weighted by Crippen LogP contribution is 2.39. The summed E-state index contributed by atoms with van der Waals surface area (Å²) in [5.74, 6) is 0. The molecule has 98 heavy (non-hydrogen) atoms. The van der Waals surface area contributed by atoms with Crippen LogP contribution < -0.4 is 5.73 Å². The van der Waals surface area contributed by atoms with E-state index in [9.17, 15) is 29.2 Å². The van der Waals surface area contributed by atoms with E-state index in [-0.39, 0.29) is 152 Å². The first-order valence-corrected chi connectivity index (χ1v) is 33.0. The molecule has 0 aromatic carbocycles. The van der Waals surface area contributed by atoms with Gasteiger partial charge in [-0.05, 0) is 62.3 Å². The third-order valence-corrected chi connectivity index (χ3v) is 16.7. The second-order valence-corrected chi connectivity index (χ2v) is 24.8. The standard InChI is InChI=1S/C9H18O5.C8H17NO4.C7H12O4.C7H14O4.2C6H11FO3.C6H13NO3.C6H14O4.C6H12O3/c1-6-9(13-4-3-12-2)8(11)7(5-10)14-6;1-5-8(12-3-2-9)7(11)6(4-10)13-5;1-4-5-6(9)7(2-8,11-4)3-10-5;1-4-7(10-2)6(9)5(3-8)11-4;2*1-3-5(7)6(9)4(2-8)10-3;1-5-2-7(9)3-6(4-8)10-5;1-5(2-7)10-6(3-8)4-9;1-4-2-5(8)6(3-7)9-4/h6-11H,3-5H2,1-2H3;5-8,10-11H,2-4,9H2,1H3;4-6,8-9H,2-3H2,1H3;4-9H,3H2,1-2H3;2*3-6,8-9H,2H2,1H3;5-6,8-9H,2-4H2,1H3;5-9H,2-4H2,1H3;4-8H,2-3H2,1H3/t6-,7+,8-,9?;5-,6+,7-,8?;4-,5?,6+,7-;4-,5+,6-,7?;2*3-,4+,5?,6-;;5-;4-,5+,6+/m000000.00/s1. The number of rotatable bonds is 21. The van der Waals surface area contributed by atoms with Crippen LogP contribution in [0.25, 0.3) is 0 Å². The quantitative estimate of drug-likeness (QED) is 0.0475. The molecule has 0 amide bonds. The third kappa shape index (κ3) is 30.1. The van der Waals surface area contributed by atoms with Crippen LogP contribution in [0, 0.1) is 0 Å². The minimum Gasteiger partial charge on any atom is -0.394 e. The summed E-state index contributed by atoms with van der Waals surface area (Å²) >= 11 is 0. The van der Waals surface area contributed by atoms with Crippen LogP contribution in [-0.2, 0) is 66.3 Å². The van der Waals surface area contributed by atoms with Gasteiger partial charge in [-0.2, -0.15) is 5.06 Å². The summed E-state index contributed by atoms with van der Waals surface area (Å²) in [6.07, 6.45) is -15.3. The van der Waals surface area contributed by atoms with E-state index >= 15 is 0 Å². The maximum Gasteiger partial charge on any atom is 0.154 e. The average Bonchev–Trinajstić information content (AvgIpc) is 1.60. The van der Waals surface area contributed by atoms with Gasteiger partial charge in [-0.15, -0.1) is 0 Å². The number of ether oxygens (including phenoxy) is 14. The highest BCUT2D eigenvalue weighted by molar-refractivity contribution is 5.06. The topological polar surface area (TPSA) is 543 Å². The van der Waals surface area contributed by atoms with Gasteiger partial charge in [0, 0.05) is 33.7 Å². The maximum atomic E-state index is 12.7. The lowest BCUT2D eigenvalue weighted by Crippen LogP contribution is -2.46. The predicted octanol–water partition coefficient (Wildman–Crippen LogP) is -7.69. The van der Waals surface area contributed by atoms with E-state index in [0.29, 0.717) is 52.5 Å². The lowest BCUT2D eigenvalue weighted by Gasteiger charge is -2.31. The first kappa shape index (κ1) is 94.5. The molecule has 9 aliphatic rings. The van der Waals surface area contributed by atoms with E-state index in [1.165, 1.54) is 26.0 Å². The number of hydrogen-bond donors (Lipinski definition) is 20. The Kier molecular flexibility index (Phi) is 48.2. The lowest BCUT2D eigenvalue weighted by molar-refractivity contribution is -0.199. The summed E-state index contributed by atoms with van der Waals surface area (Å²) in [7, 11) is 3.11. The molecule has 0 spiro atoms. The molecule has 37 heteroatoms. The monoisotopic (exact) mass is 1450 g/mol. The predicted molar refractivity (Wildman–Crippen MR) is 337 cm³/mol. The number of nitrogens with two attached hydrogens (primary N) is 1. The van der Waals surface area contributed by atoms with Gasteiger partial charge < -0.3 is 169 Å². The van der Waals surface area contributed by atoms with Crippen LogP contribution >= 0.6 is 0 Å². The molecule has 9 saturated heterocycles. The van der Waals surface area contributed by atoms with Gasteiger partial charge in [0.15, 0.2) is 12.3 Å². The summed E-state index contributed by atoms with van der Waals surface area (Å²) in [6.45, 7) is 16.7. The number of hydroxylamine groups is 2. The first-order valence-electron chi connectivity index (χ1n) is 33.0. The van der Waals surface area contributed by atoms with Gasteiger partial charge in [0.05, 0.1) is 173 Å². The van der Waals surface area contributed by atoms with Crippen molar-refractivity contribution in [3.63, 3.8) is 0 Å². The number of nitrogens with zero attached hydrogens (tertiary/aromatic N) is 1. The van der Waals surface area contributed by atoms with Crippen LogP contribution in [0.4, 0.5) is 8.78 Å². The van der Waals surface area contributed by atoms with Gasteiger partial charge in [-0.25, -0.2) is 8.78 Å². The van der Waals surface area contributed by atoms with Crippen molar-refractivity contribution in [2.75, 3.05) is 133 Å². The zero-order chi connectivity index (χ0) is 74.7. The molecule has 9 fully saturated rings. The summed E-state index contributed by atoms with van der Waals surface area (Å²) in [5, 5.41) is 171. The van der Waals surface area contributed by atoms with E-state index in [4.69, 9.17) is 149 Å². The Morgan fingerprint density at radius 1 is 0.500 bits per heavy atom. The molecule has 8 unspecified atom stereocenters. The SMILES string of the molecule is CC1CN(O)CC(CO)O1.COC1[C@H](C)O[C@H](CO)[C@@H]1O.COCCOC1[C@H](C)O[C@H](CO)[C@@H]1O.C[C@@H](CO)OC(CO)CO.C[C@@H]1O[C@@]2(CO)COC1[C@H]2O.C[C@@H]1O[C@H](CO)[C@H](O)C1F.C[C@@H]1O[C@H](CO)[C@H](O)C1F.C[C@@H]1O[C@H](CO)[C@H](O)C1OCCN.C[C@H]1C[C@@H](O)[C@@H](CO)O1. The smallest absolute Gasteiger partial charge is 0.154 e. The number of halogens is 2. The Bertz CT molecular complexity index is 1930. The number of fused-ring (bicyclic) bond motifs is 2.